The number of nitrogens with zero attached hydrogens (tertiary/aromatic N) is 1. The van der Waals surface area contributed by atoms with Crippen LogP contribution in [-0.2, 0) is 14.3 Å². The number of hydrogen-bond donors (Lipinski definition) is 1. The lowest BCUT2D eigenvalue weighted by molar-refractivity contribution is -0.144. The lowest BCUT2D eigenvalue weighted by Crippen LogP contribution is -2.58. The molecule has 0 aliphatic carbocycles. The van der Waals surface area contributed by atoms with Gasteiger partial charge in [0.1, 0.15) is 6.04 Å². The zero-order valence-corrected chi connectivity index (χ0v) is 12.6. The number of amides is 2. The van der Waals surface area contributed by atoms with E-state index < -0.39 is 0 Å². The van der Waals surface area contributed by atoms with E-state index >= 15 is 0 Å². The number of carbonyl (C=O) groups excluding carboxylic acids is 2. The number of nitrogens with one attached hydrogen (secondary N) is 1. The van der Waals surface area contributed by atoms with Crippen LogP contribution in [-0.4, -0.2) is 48.6 Å². The van der Waals surface area contributed by atoms with Crippen molar-refractivity contribution < 1.29 is 14.3 Å². The maximum absolute atomic E-state index is 12.3. The van der Waals surface area contributed by atoms with E-state index in [2.05, 4.69) is 19.2 Å². The van der Waals surface area contributed by atoms with Crippen LogP contribution in [0.15, 0.2) is 0 Å². The van der Waals surface area contributed by atoms with Crippen LogP contribution in [0.5, 0.6) is 0 Å². The highest BCUT2D eigenvalue weighted by Gasteiger charge is 2.32. The van der Waals surface area contributed by atoms with Crippen molar-refractivity contribution in [2.75, 3.05) is 19.7 Å². The predicted octanol–water partition coefficient (Wildman–Crippen LogP) is 1.32. The Morgan fingerprint density at radius 1 is 1.40 bits per heavy atom. The van der Waals surface area contributed by atoms with Crippen molar-refractivity contribution in [1.82, 2.24) is 10.2 Å². The third-order valence-electron chi connectivity index (χ3n) is 3.96. The molecule has 1 N–H and O–H groups in total. The Kier molecular flexibility index (Phi) is 5.40. The van der Waals surface area contributed by atoms with Crippen molar-refractivity contribution in [2.45, 2.75) is 58.1 Å². The highest BCUT2D eigenvalue weighted by Crippen LogP contribution is 2.18. The van der Waals surface area contributed by atoms with Crippen LogP contribution < -0.4 is 5.32 Å². The Labute approximate surface area is 121 Å². The molecular formula is C15H26N2O3. The van der Waals surface area contributed by atoms with Gasteiger partial charge in [-0.2, -0.15) is 0 Å². The van der Waals surface area contributed by atoms with Gasteiger partial charge >= 0.3 is 0 Å². The maximum atomic E-state index is 12.3. The fourth-order valence-corrected chi connectivity index (χ4v) is 2.98. The SMILES string of the molecule is CC(C)CC1NC(=O)CN(CCCC2CCCO2)C1=O. The Hall–Kier alpha value is -1.10. The number of piperazine rings is 1. The number of hydrogen-bond acceptors (Lipinski definition) is 3. The molecule has 2 aliphatic rings. The van der Waals surface area contributed by atoms with Gasteiger partial charge in [-0.15, -0.1) is 0 Å². The lowest BCUT2D eigenvalue weighted by atomic mass is 10.0. The molecule has 0 aromatic carbocycles. The van der Waals surface area contributed by atoms with Crippen LogP contribution in [0.1, 0.15) is 46.0 Å². The van der Waals surface area contributed by atoms with Gasteiger partial charge in [-0.1, -0.05) is 13.8 Å². The van der Waals surface area contributed by atoms with Crippen molar-refractivity contribution in [1.29, 1.82) is 0 Å². The molecule has 2 aliphatic heterocycles. The van der Waals surface area contributed by atoms with Crippen LogP contribution in [0.3, 0.4) is 0 Å². The molecule has 114 valence electrons. The van der Waals surface area contributed by atoms with Crippen molar-refractivity contribution in [3.8, 4) is 0 Å². The molecule has 2 amide bonds. The summed E-state index contributed by atoms with van der Waals surface area (Å²) in [6.07, 6.45) is 5.25. The summed E-state index contributed by atoms with van der Waals surface area (Å²) in [6.45, 7) is 5.87. The molecule has 2 saturated heterocycles. The van der Waals surface area contributed by atoms with E-state index in [-0.39, 0.29) is 24.4 Å². The van der Waals surface area contributed by atoms with Gasteiger partial charge < -0.3 is 15.0 Å². The van der Waals surface area contributed by atoms with E-state index in [1.807, 2.05) is 0 Å². The Bertz CT molecular complexity index is 351. The van der Waals surface area contributed by atoms with Crippen LogP contribution in [0.4, 0.5) is 0 Å². The van der Waals surface area contributed by atoms with Crippen LogP contribution in [0.2, 0.25) is 0 Å². The second-order valence-electron chi connectivity index (χ2n) is 6.29. The first-order chi connectivity index (χ1) is 9.56. The monoisotopic (exact) mass is 282 g/mol. The molecule has 0 spiro atoms. The molecule has 2 rings (SSSR count). The van der Waals surface area contributed by atoms with Gasteiger partial charge in [-0.25, -0.2) is 0 Å². The molecule has 0 aromatic heterocycles. The van der Waals surface area contributed by atoms with E-state index in [1.165, 1.54) is 0 Å². The Morgan fingerprint density at radius 2 is 2.20 bits per heavy atom. The minimum atomic E-state index is -0.334. The first-order valence-corrected chi connectivity index (χ1v) is 7.76. The summed E-state index contributed by atoms with van der Waals surface area (Å²) in [5.74, 6) is 0.439. The summed E-state index contributed by atoms with van der Waals surface area (Å²) in [4.78, 5) is 25.7. The zero-order chi connectivity index (χ0) is 14.5. The van der Waals surface area contributed by atoms with Gasteiger partial charge in [-0.3, -0.25) is 9.59 Å². The van der Waals surface area contributed by atoms with Gasteiger partial charge in [-0.05, 0) is 38.0 Å². The van der Waals surface area contributed by atoms with Crippen LogP contribution >= 0.6 is 0 Å². The number of carbonyl (C=O) groups is 2. The summed E-state index contributed by atoms with van der Waals surface area (Å²) in [5.41, 5.74) is 0. The summed E-state index contributed by atoms with van der Waals surface area (Å²) in [6, 6.07) is -0.334. The first kappa shape index (κ1) is 15.3. The molecule has 2 fully saturated rings. The average molecular weight is 282 g/mol. The predicted molar refractivity (Wildman–Crippen MR) is 76.2 cm³/mol. The molecule has 0 bridgehead atoms. The summed E-state index contributed by atoms with van der Waals surface area (Å²) < 4.78 is 5.58. The minimum Gasteiger partial charge on any atom is -0.378 e. The standard InChI is InChI=1S/C15H26N2O3/c1-11(2)9-13-15(19)17(10-14(18)16-13)7-3-5-12-6-4-8-20-12/h11-13H,3-10H2,1-2H3,(H,16,18). The van der Waals surface area contributed by atoms with Crippen molar-refractivity contribution in [2.24, 2.45) is 5.92 Å². The summed E-state index contributed by atoms with van der Waals surface area (Å²) in [5, 5.41) is 2.80. The number of ether oxygens (including phenoxy) is 1. The third-order valence-corrected chi connectivity index (χ3v) is 3.96. The maximum Gasteiger partial charge on any atom is 0.245 e. The molecule has 5 heteroatoms. The molecule has 2 unspecified atom stereocenters. The van der Waals surface area contributed by atoms with Crippen LogP contribution in [0, 0.1) is 5.92 Å². The van der Waals surface area contributed by atoms with Gasteiger partial charge in [0.15, 0.2) is 0 Å². The first-order valence-electron chi connectivity index (χ1n) is 7.76. The van der Waals surface area contributed by atoms with Gasteiger partial charge in [0.05, 0.1) is 12.6 Å². The third kappa shape index (κ3) is 4.20. The van der Waals surface area contributed by atoms with Gasteiger partial charge in [0.25, 0.3) is 0 Å². The van der Waals surface area contributed by atoms with Crippen LogP contribution in [0.25, 0.3) is 0 Å². The molecule has 0 radical (unpaired) electrons. The molecule has 20 heavy (non-hydrogen) atoms. The molecule has 2 atom stereocenters. The second-order valence-corrected chi connectivity index (χ2v) is 6.29. The van der Waals surface area contributed by atoms with Crippen molar-refractivity contribution in [3.63, 3.8) is 0 Å². The van der Waals surface area contributed by atoms with E-state index in [9.17, 15) is 9.59 Å². The largest absolute Gasteiger partial charge is 0.378 e. The van der Waals surface area contributed by atoms with E-state index in [0.717, 1.165) is 32.3 Å². The van der Waals surface area contributed by atoms with Crippen molar-refractivity contribution in [3.05, 3.63) is 0 Å². The molecule has 5 nitrogen and oxygen atoms in total. The zero-order valence-electron chi connectivity index (χ0n) is 12.6. The topological polar surface area (TPSA) is 58.6 Å². The minimum absolute atomic E-state index is 0.0348. The fraction of sp³-hybridized carbons (Fsp3) is 0.867. The summed E-state index contributed by atoms with van der Waals surface area (Å²) in [7, 11) is 0. The molecule has 0 saturated carbocycles. The van der Waals surface area contributed by atoms with Crippen molar-refractivity contribution >= 4 is 11.8 Å². The van der Waals surface area contributed by atoms with E-state index in [0.29, 0.717) is 25.0 Å². The van der Waals surface area contributed by atoms with E-state index in [4.69, 9.17) is 4.74 Å². The second kappa shape index (κ2) is 7.07. The molecular weight excluding hydrogens is 256 g/mol. The molecule has 0 aromatic rings. The highest BCUT2D eigenvalue weighted by atomic mass is 16.5. The van der Waals surface area contributed by atoms with Gasteiger partial charge in [0.2, 0.25) is 11.8 Å². The smallest absolute Gasteiger partial charge is 0.245 e. The fourth-order valence-electron chi connectivity index (χ4n) is 2.98. The highest BCUT2D eigenvalue weighted by molar-refractivity contribution is 5.94. The quantitative estimate of drug-likeness (QED) is 0.799. The number of rotatable bonds is 6. The Balaban J connectivity index is 1.79. The van der Waals surface area contributed by atoms with Gasteiger partial charge in [0, 0.05) is 13.2 Å². The molecule has 2 heterocycles. The normalized spacial score (nSPS) is 27.2. The lowest BCUT2D eigenvalue weighted by Gasteiger charge is -2.33. The summed E-state index contributed by atoms with van der Waals surface area (Å²) >= 11 is 0. The van der Waals surface area contributed by atoms with E-state index in [1.54, 1.807) is 4.90 Å². The average Bonchev–Trinajstić information content (AvgIpc) is 2.87. The Morgan fingerprint density at radius 3 is 2.85 bits per heavy atom.